The molecular weight excluding hydrogens is 316 g/mol. The topological polar surface area (TPSA) is 33.1 Å². The summed E-state index contributed by atoms with van der Waals surface area (Å²) in [5.41, 5.74) is 2.25. The predicted octanol–water partition coefficient (Wildman–Crippen LogP) is 4.53. The number of piperidine rings is 1. The number of nitrogens with zero attached hydrogens (tertiary/aromatic N) is 3. The number of para-hydroxylation sites is 1. The largest absolute Gasteiger partial charge is 0.351 e. The van der Waals surface area contributed by atoms with Crippen molar-refractivity contribution in [2.45, 2.75) is 25.4 Å². The fourth-order valence-corrected chi connectivity index (χ4v) is 4.00. The summed E-state index contributed by atoms with van der Waals surface area (Å²) in [5.74, 6) is 0. The second-order valence-electron chi connectivity index (χ2n) is 6.27. The van der Waals surface area contributed by atoms with Crippen LogP contribution in [0.25, 0.3) is 0 Å². The van der Waals surface area contributed by atoms with Gasteiger partial charge in [-0.2, -0.15) is 0 Å². The summed E-state index contributed by atoms with van der Waals surface area (Å²) in [6.45, 7) is 3.23. The fourth-order valence-electron chi connectivity index (χ4n) is 3.28. The number of hydrogen-bond donors (Lipinski definition) is 1. The van der Waals surface area contributed by atoms with E-state index in [-0.39, 0.29) is 0 Å². The molecule has 0 radical (unpaired) electrons. The predicted molar refractivity (Wildman–Crippen MR) is 99.8 cm³/mol. The van der Waals surface area contributed by atoms with Gasteiger partial charge in [0.15, 0.2) is 5.13 Å². The van der Waals surface area contributed by atoms with Gasteiger partial charge < -0.3 is 9.88 Å². The molecule has 0 saturated carbocycles. The van der Waals surface area contributed by atoms with Gasteiger partial charge in [-0.25, -0.2) is 4.98 Å². The monoisotopic (exact) mass is 338 g/mol. The highest BCUT2D eigenvalue weighted by atomic mass is 32.1. The Labute approximate surface area is 146 Å². The Hall–Kier alpha value is -2.11. The van der Waals surface area contributed by atoms with Gasteiger partial charge in [0.25, 0.3) is 0 Å². The van der Waals surface area contributed by atoms with Crippen LogP contribution in [0.1, 0.15) is 24.6 Å². The summed E-state index contributed by atoms with van der Waals surface area (Å²) >= 11 is 1.68. The Balaban J connectivity index is 1.30. The van der Waals surface area contributed by atoms with Gasteiger partial charge in [-0.1, -0.05) is 18.2 Å². The van der Waals surface area contributed by atoms with Crippen LogP contribution in [0.4, 0.5) is 10.8 Å². The molecule has 4 rings (SSSR count). The van der Waals surface area contributed by atoms with Crippen molar-refractivity contribution in [2.24, 2.45) is 0 Å². The summed E-state index contributed by atoms with van der Waals surface area (Å²) in [6, 6.07) is 15.1. The van der Waals surface area contributed by atoms with Crippen LogP contribution in [0.15, 0.2) is 60.2 Å². The molecule has 4 nitrogen and oxygen atoms in total. The Morgan fingerprint density at radius 2 is 1.79 bits per heavy atom. The zero-order valence-corrected chi connectivity index (χ0v) is 14.5. The third kappa shape index (κ3) is 3.68. The zero-order valence-electron chi connectivity index (χ0n) is 13.6. The van der Waals surface area contributed by atoms with E-state index in [9.17, 15) is 0 Å². The molecule has 1 fully saturated rings. The molecule has 2 aromatic heterocycles. The molecule has 1 saturated heterocycles. The van der Waals surface area contributed by atoms with Crippen LogP contribution < -0.4 is 5.32 Å². The SMILES string of the molecule is c1ccc(Nc2nc(CN3CCC(n4cccc4)CC3)cs2)cc1. The molecule has 0 amide bonds. The molecule has 3 heterocycles. The highest BCUT2D eigenvalue weighted by Gasteiger charge is 2.20. The Morgan fingerprint density at radius 1 is 1.04 bits per heavy atom. The van der Waals surface area contributed by atoms with Gasteiger partial charge in [-0.15, -0.1) is 11.3 Å². The summed E-state index contributed by atoms with van der Waals surface area (Å²) in [4.78, 5) is 7.24. The van der Waals surface area contributed by atoms with Crippen molar-refractivity contribution in [3.63, 3.8) is 0 Å². The fraction of sp³-hybridized carbons (Fsp3) is 0.316. The van der Waals surface area contributed by atoms with E-state index in [2.05, 4.69) is 56.8 Å². The van der Waals surface area contributed by atoms with Crippen molar-refractivity contribution in [3.05, 3.63) is 65.9 Å². The highest BCUT2D eigenvalue weighted by molar-refractivity contribution is 7.13. The third-order valence-corrected chi connectivity index (χ3v) is 5.38. The first-order chi connectivity index (χ1) is 11.9. The molecule has 0 atom stereocenters. The molecule has 124 valence electrons. The molecule has 1 aliphatic rings. The minimum Gasteiger partial charge on any atom is -0.351 e. The molecule has 0 spiro atoms. The van der Waals surface area contributed by atoms with Crippen molar-refractivity contribution in [1.82, 2.24) is 14.5 Å². The molecule has 5 heteroatoms. The van der Waals surface area contributed by atoms with E-state index in [4.69, 9.17) is 4.98 Å². The standard InChI is InChI=1S/C19H22N4S/c1-2-6-16(7-3-1)20-19-21-17(15-24-19)14-22-12-8-18(9-13-22)23-10-4-5-11-23/h1-7,10-11,15,18H,8-9,12-14H2,(H,20,21). The maximum absolute atomic E-state index is 4.73. The second-order valence-corrected chi connectivity index (χ2v) is 7.13. The van der Waals surface area contributed by atoms with Crippen molar-refractivity contribution in [3.8, 4) is 0 Å². The van der Waals surface area contributed by atoms with Crippen molar-refractivity contribution >= 4 is 22.2 Å². The van der Waals surface area contributed by atoms with Crippen LogP contribution in [0.3, 0.4) is 0 Å². The number of aromatic nitrogens is 2. The van der Waals surface area contributed by atoms with Crippen molar-refractivity contribution < 1.29 is 0 Å². The van der Waals surface area contributed by atoms with E-state index >= 15 is 0 Å². The maximum atomic E-state index is 4.73. The number of thiazole rings is 1. The van der Waals surface area contributed by atoms with Gasteiger partial charge in [0.05, 0.1) is 5.69 Å². The molecule has 24 heavy (non-hydrogen) atoms. The summed E-state index contributed by atoms with van der Waals surface area (Å²) in [5, 5.41) is 6.51. The van der Waals surface area contributed by atoms with E-state index in [0.29, 0.717) is 6.04 Å². The average molecular weight is 338 g/mol. The normalized spacial score (nSPS) is 16.3. The van der Waals surface area contributed by atoms with Gasteiger partial charge in [0, 0.05) is 49.1 Å². The van der Waals surface area contributed by atoms with E-state index < -0.39 is 0 Å². The Kier molecular flexibility index (Phi) is 4.62. The summed E-state index contributed by atoms with van der Waals surface area (Å²) < 4.78 is 2.35. The molecule has 1 N–H and O–H groups in total. The smallest absolute Gasteiger partial charge is 0.187 e. The highest BCUT2D eigenvalue weighted by Crippen LogP contribution is 2.25. The van der Waals surface area contributed by atoms with Crippen LogP contribution in [0.5, 0.6) is 0 Å². The van der Waals surface area contributed by atoms with Crippen molar-refractivity contribution in [2.75, 3.05) is 18.4 Å². The first-order valence-electron chi connectivity index (χ1n) is 8.48. The third-order valence-electron chi connectivity index (χ3n) is 4.57. The molecule has 0 aliphatic carbocycles. The van der Waals surface area contributed by atoms with Gasteiger partial charge in [-0.3, -0.25) is 4.90 Å². The molecule has 0 bridgehead atoms. The molecular formula is C19H22N4S. The van der Waals surface area contributed by atoms with Crippen LogP contribution in [0.2, 0.25) is 0 Å². The van der Waals surface area contributed by atoms with Gasteiger partial charge in [-0.05, 0) is 37.1 Å². The van der Waals surface area contributed by atoms with Gasteiger partial charge in [0.1, 0.15) is 0 Å². The maximum Gasteiger partial charge on any atom is 0.187 e. The van der Waals surface area contributed by atoms with E-state index in [1.165, 1.54) is 12.8 Å². The number of rotatable bonds is 5. The number of likely N-dealkylation sites (tertiary alicyclic amines) is 1. The molecule has 1 aromatic carbocycles. The Bertz CT molecular complexity index is 743. The lowest BCUT2D eigenvalue weighted by molar-refractivity contribution is 0.178. The minimum absolute atomic E-state index is 0.655. The number of anilines is 2. The lowest BCUT2D eigenvalue weighted by Crippen LogP contribution is -2.34. The number of nitrogens with one attached hydrogen (secondary N) is 1. The quantitative estimate of drug-likeness (QED) is 0.742. The lowest BCUT2D eigenvalue weighted by atomic mass is 10.0. The van der Waals surface area contributed by atoms with Crippen LogP contribution in [-0.4, -0.2) is 27.5 Å². The average Bonchev–Trinajstić information content (AvgIpc) is 3.29. The van der Waals surface area contributed by atoms with Crippen LogP contribution in [0, 0.1) is 0 Å². The van der Waals surface area contributed by atoms with Gasteiger partial charge >= 0.3 is 0 Å². The van der Waals surface area contributed by atoms with E-state index in [0.717, 1.165) is 36.1 Å². The van der Waals surface area contributed by atoms with E-state index in [1.54, 1.807) is 11.3 Å². The van der Waals surface area contributed by atoms with Crippen LogP contribution in [-0.2, 0) is 6.54 Å². The molecule has 3 aromatic rings. The second kappa shape index (κ2) is 7.20. The first kappa shape index (κ1) is 15.4. The first-order valence-corrected chi connectivity index (χ1v) is 9.36. The number of hydrogen-bond acceptors (Lipinski definition) is 4. The molecule has 1 aliphatic heterocycles. The zero-order chi connectivity index (χ0) is 16.2. The summed E-state index contributed by atoms with van der Waals surface area (Å²) in [6.07, 6.45) is 6.80. The van der Waals surface area contributed by atoms with Crippen molar-refractivity contribution in [1.29, 1.82) is 0 Å². The van der Waals surface area contributed by atoms with Gasteiger partial charge in [0.2, 0.25) is 0 Å². The Morgan fingerprint density at radius 3 is 2.54 bits per heavy atom. The molecule has 0 unspecified atom stereocenters. The minimum atomic E-state index is 0.655. The van der Waals surface area contributed by atoms with E-state index in [1.807, 2.05) is 18.2 Å². The number of benzene rings is 1. The lowest BCUT2D eigenvalue weighted by Gasteiger charge is -2.32. The van der Waals surface area contributed by atoms with Crippen LogP contribution >= 0.6 is 11.3 Å². The summed E-state index contributed by atoms with van der Waals surface area (Å²) in [7, 11) is 0.